The van der Waals surface area contributed by atoms with Crippen molar-refractivity contribution in [3.05, 3.63) is 47.0 Å². The van der Waals surface area contributed by atoms with Gasteiger partial charge in [-0.25, -0.2) is 0 Å². The summed E-state index contributed by atoms with van der Waals surface area (Å²) >= 11 is 0. The SMILES string of the molecule is Cc1cc(N2CC2)c2c3c(onc13)-c1ccccc1C2=O. The van der Waals surface area contributed by atoms with Gasteiger partial charge in [-0.2, -0.15) is 0 Å². The molecule has 21 heavy (non-hydrogen) atoms. The van der Waals surface area contributed by atoms with Crippen LogP contribution in [0, 0.1) is 6.92 Å². The van der Waals surface area contributed by atoms with E-state index in [1.807, 2.05) is 31.2 Å². The molecule has 3 aromatic rings. The fourth-order valence-electron chi connectivity index (χ4n) is 3.23. The third kappa shape index (κ3) is 1.29. The number of nitrogens with zero attached hydrogens (tertiary/aromatic N) is 2. The molecule has 0 atom stereocenters. The molecule has 5 rings (SSSR count). The van der Waals surface area contributed by atoms with Gasteiger partial charge in [-0.05, 0) is 18.6 Å². The maximum atomic E-state index is 13.0. The number of carbonyl (C=O) groups excluding carboxylic acids is 1. The van der Waals surface area contributed by atoms with E-state index in [4.69, 9.17) is 4.52 Å². The van der Waals surface area contributed by atoms with Crippen LogP contribution in [-0.2, 0) is 0 Å². The van der Waals surface area contributed by atoms with E-state index in [0.717, 1.165) is 52.1 Å². The lowest BCUT2D eigenvalue weighted by molar-refractivity contribution is 0.104. The predicted molar refractivity (Wildman–Crippen MR) is 79.8 cm³/mol. The number of benzene rings is 2. The van der Waals surface area contributed by atoms with Crippen LogP contribution >= 0.6 is 0 Å². The van der Waals surface area contributed by atoms with Crippen LogP contribution in [0.5, 0.6) is 0 Å². The lowest BCUT2D eigenvalue weighted by Gasteiger charge is -2.18. The van der Waals surface area contributed by atoms with Gasteiger partial charge in [0.15, 0.2) is 11.5 Å². The molecule has 0 amide bonds. The highest BCUT2D eigenvalue weighted by atomic mass is 16.5. The Morgan fingerprint density at radius 3 is 2.71 bits per heavy atom. The van der Waals surface area contributed by atoms with Crippen molar-refractivity contribution in [2.75, 3.05) is 18.0 Å². The number of carbonyl (C=O) groups is 1. The summed E-state index contributed by atoms with van der Waals surface area (Å²) in [7, 11) is 0. The van der Waals surface area contributed by atoms with Crippen LogP contribution in [0.15, 0.2) is 34.9 Å². The summed E-state index contributed by atoms with van der Waals surface area (Å²) < 4.78 is 5.59. The van der Waals surface area contributed by atoms with E-state index in [1.54, 1.807) is 0 Å². The smallest absolute Gasteiger partial charge is 0.196 e. The zero-order valence-corrected chi connectivity index (χ0v) is 11.5. The van der Waals surface area contributed by atoms with Gasteiger partial charge in [0.05, 0.1) is 10.9 Å². The van der Waals surface area contributed by atoms with E-state index in [1.165, 1.54) is 0 Å². The quantitative estimate of drug-likeness (QED) is 0.501. The van der Waals surface area contributed by atoms with Crippen molar-refractivity contribution < 1.29 is 9.32 Å². The molecule has 1 fully saturated rings. The fourth-order valence-corrected chi connectivity index (χ4v) is 3.23. The molecule has 0 spiro atoms. The molecule has 0 saturated carbocycles. The Labute approximate surface area is 121 Å². The van der Waals surface area contributed by atoms with Crippen molar-refractivity contribution in [1.82, 2.24) is 5.16 Å². The molecule has 102 valence electrons. The van der Waals surface area contributed by atoms with Crippen LogP contribution in [-0.4, -0.2) is 24.0 Å². The lowest BCUT2D eigenvalue weighted by atomic mass is 9.86. The number of fused-ring (bicyclic) bond motifs is 2. The molecular weight excluding hydrogens is 264 g/mol. The van der Waals surface area contributed by atoms with E-state index in [0.29, 0.717) is 5.56 Å². The van der Waals surface area contributed by atoms with Gasteiger partial charge in [-0.3, -0.25) is 4.79 Å². The average molecular weight is 276 g/mol. The molecule has 1 aliphatic heterocycles. The third-order valence-corrected chi connectivity index (χ3v) is 4.36. The van der Waals surface area contributed by atoms with Crippen LogP contribution < -0.4 is 4.90 Å². The van der Waals surface area contributed by atoms with E-state index in [9.17, 15) is 4.79 Å². The Morgan fingerprint density at radius 1 is 1.19 bits per heavy atom. The standard InChI is InChI=1S/C17H12N2O2/c1-9-8-12(19-6-7-19)13-14-15(9)18-21-17(14)11-5-3-2-4-10(11)16(13)20/h2-5,8H,6-7H2,1H3. The van der Waals surface area contributed by atoms with E-state index in [2.05, 4.69) is 16.1 Å². The van der Waals surface area contributed by atoms with Crippen molar-refractivity contribution in [2.24, 2.45) is 0 Å². The largest absolute Gasteiger partial charge is 0.367 e. The third-order valence-electron chi connectivity index (χ3n) is 4.36. The van der Waals surface area contributed by atoms with Gasteiger partial charge >= 0.3 is 0 Å². The van der Waals surface area contributed by atoms with Crippen molar-refractivity contribution in [3.8, 4) is 11.3 Å². The van der Waals surface area contributed by atoms with Crippen molar-refractivity contribution >= 4 is 22.4 Å². The molecule has 0 unspecified atom stereocenters. The summed E-state index contributed by atoms with van der Waals surface area (Å²) in [5.41, 5.74) is 5.17. The Kier molecular flexibility index (Phi) is 1.86. The fraction of sp³-hybridized carbons (Fsp3) is 0.176. The first-order valence-electron chi connectivity index (χ1n) is 7.08. The topological polar surface area (TPSA) is 46.1 Å². The van der Waals surface area contributed by atoms with Crippen LogP contribution in [0.1, 0.15) is 21.5 Å². The molecule has 1 aliphatic carbocycles. The molecule has 4 nitrogen and oxygen atoms in total. The molecule has 1 saturated heterocycles. The zero-order chi connectivity index (χ0) is 14.1. The molecule has 0 radical (unpaired) electrons. The molecule has 2 aliphatic rings. The maximum Gasteiger partial charge on any atom is 0.196 e. The van der Waals surface area contributed by atoms with Gasteiger partial charge in [-0.15, -0.1) is 0 Å². The van der Waals surface area contributed by atoms with Gasteiger partial charge in [0.2, 0.25) is 0 Å². The molecule has 1 aromatic heterocycles. The van der Waals surface area contributed by atoms with Crippen molar-refractivity contribution in [3.63, 3.8) is 0 Å². The number of anilines is 1. The average Bonchev–Trinajstić information content (AvgIpc) is 3.25. The minimum Gasteiger partial charge on any atom is -0.367 e. The van der Waals surface area contributed by atoms with Crippen LogP contribution in [0.4, 0.5) is 5.69 Å². The first kappa shape index (κ1) is 11.1. The first-order chi connectivity index (χ1) is 10.3. The Hall–Kier alpha value is -2.62. The molecule has 4 heteroatoms. The maximum absolute atomic E-state index is 13.0. The Balaban J connectivity index is 2.00. The van der Waals surface area contributed by atoms with Crippen LogP contribution in [0.3, 0.4) is 0 Å². The number of hydrogen-bond donors (Lipinski definition) is 0. The highest BCUT2D eigenvalue weighted by molar-refractivity contribution is 6.27. The molecular formula is C17H12N2O2. The minimum atomic E-state index is 0.0770. The normalized spacial score (nSPS) is 15.5. The van der Waals surface area contributed by atoms with E-state index < -0.39 is 0 Å². The van der Waals surface area contributed by atoms with Gasteiger partial charge < -0.3 is 9.42 Å². The molecule has 2 aromatic carbocycles. The summed E-state index contributed by atoms with van der Waals surface area (Å²) in [5.74, 6) is 0.801. The van der Waals surface area contributed by atoms with Crippen molar-refractivity contribution in [1.29, 1.82) is 0 Å². The first-order valence-corrected chi connectivity index (χ1v) is 7.08. The minimum absolute atomic E-state index is 0.0770. The number of rotatable bonds is 1. The monoisotopic (exact) mass is 276 g/mol. The summed E-state index contributed by atoms with van der Waals surface area (Å²) in [5, 5.41) is 5.07. The summed E-state index contributed by atoms with van der Waals surface area (Å²) in [4.78, 5) is 15.2. The van der Waals surface area contributed by atoms with Crippen LogP contribution in [0.25, 0.3) is 22.2 Å². The Bertz CT molecular complexity index is 935. The van der Waals surface area contributed by atoms with Crippen LogP contribution in [0.2, 0.25) is 0 Å². The summed E-state index contributed by atoms with van der Waals surface area (Å²) in [6.07, 6.45) is 0. The highest BCUT2D eigenvalue weighted by Gasteiger charge is 2.35. The number of ketones is 1. The molecule has 0 N–H and O–H groups in total. The number of aryl methyl sites for hydroxylation is 1. The van der Waals surface area contributed by atoms with E-state index >= 15 is 0 Å². The van der Waals surface area contributed by atoms with Gasteiger partial charge in [-0.1, -0.05) is 29.4 Å². The number of aromatic nitrogens is 1. The molecule has 0 bridgehead atoms. The lowest BCUT2D eigenvalue weighted by Crippen LogP contribution is -2.12. The zero-order valence-electron chi connectivity index (χ0n) is 11.5. The second kappa shape index (κ2) is 3.52. The molecule has 2 heterocycles. The van der Waals surface area contributed by atoms with Gasteiger partial charge in [0.25, 0.3) is 0 Å². The second-order valence-corrected chi connectivity index (χ2v) is 5.68. The van der Waals surface area contributed by atoms with Crippen molar-refractivity contribution in [2.45, 2.75) is 6.92 Å². The predicted octanol–water partition coefficient (Wildman–Crippen LogP) is 3.17. The van der Waals surface area contributed by atoms with Gasteiger partial charge in [0.1, 0.15) is 5.52 Å². The Morgan fingerprint density at radius 2 is 1.95 bits per heavy atom. The summed E-state index contributed by atoms with van der Waals surface area (Å²) in [6.45, 7) is 4.03. The van der Waals surface area contributed by atoms with Gasteiger partial charge in [0, 0.05) is 29.9 Å². The highest BCUT2D eigenvalue weighted by Crippen LogP contribution is 2.45. The number of hydrogen-bond acceptors (Lipinski definition) is 4. The van der Waals surface area contributed by atoms with E-state index in [-0.39, 0.29) is 5.78 Å². The summed E-state index contributed by atoms with van der Waals surface area (Å²) in [6, 6.07) is 9.66. The second-order valence-electron chi connectivity index (χ2n) is 5.68.